The number of thiazole rings is 1. The zero-order valence-corrected chi connectivity index (χ0v) is 15.0. The molecule has 0 spiro atoms. The topological polar surface area (TPSA) is 61.9 Å². The summed E-state index contributed by atoms with van der Waals surface area (Å²) in [5, 5.41) is 3.06. The fourth-order valence-corrected chi connectivity index (χ4v) is 3.87. The molecule has 4 rings (SSSR count). The van der Waals surface area contributed by atoms with Crippen LogP contribution in [0.4, 0.5) is 0 Å². The lowest BCUT2D eigenvalue weighted by Gasteiger charge is -2.27. The lowest BCUT2D eigenvalue weighted by Crippen LogP contribution is -2.35. The predicted molar refractivity (Wildman–Crippen MR) is 98.8 cm³/mol. The van der Waals surface area contributed by atoms with Gasteiger partial charge in [0.2, 0.25) is 0 Å². The number of rotatable bonds is 4. The van der Waals surface area contributed by atoms with Crippen molar-refractivity contribution >= 4 is 11.3 Å². The summed E-state index contributed by atoms with van der Waals surface area (Å²) in [5.74, 6) is 0.713. The van der Waals surface area contributed by atoms with E-state index >= 15 is 0 Å². The molecule has 2 aromatic heterocycles. The summed E-state index contributed by atoms with van der Waals surface area (Å²) in [6.07, 6.45) is 1.40. The molecule has 1 aromatic carbocycles. The zero-order chi connectivity index (χ0) is 17.2. The standard InChI is InChI=1S/C19H20N4OS/c1-13-20-15(12-25-13)9-18-21-17-7-8-23(11-16(17)19(24)22-18)10-14-5-3-2-4-6-14/h2-6,12H,7-11H2,1H3,(H,21,22,24). The molecule has 0 unspecified atom stereocenters. The Labute approximate surface area is 150 Å². The summed E-state index contributed by atoms with van der Waals surface area (Å²) in [6, 6.07) is 10.4. The highest BCUT2D eigenvalue weighted by Gasteiger charge is 2.21. The van der Waals surface area contributed by atoms with Crippen LogP contribution < -0.4 is 5.56 Å². The van der Waals surface area contributed by atoms with Gasteiger partial charge in [-0.25, -0.2) is 9.97 Å². The van der Waals surface area contributed by atoms with Crippen molar-refractivity contribution in [3.63, 3.8) is 0 Å². The SMILES string of the molecule is Cc1nc(Cc2nc3c(c(=O)[nH]2)CN(Cc2ccccc2)CC3)cs1. The summed E-state index contributed by atoms with van der Waals surface area (Å²) < 4.78 is 0. The van der Waals surface area contributed by atoms with E-state index in [-0.39, 0.29) is 5.56 Å². The Morgan fingerprint density at radius 3 is 2.84 bits per heavy atom. The van der Waals surface area contributed by atoms with E-state index in [9.17, 15) is 4.79 Å². The van der Waals surface area contributed by atoms with Gasteiger partial charge >= 0.3 is 0 Å². The summed E-state index contributed by atoms with van der Waals surface area (Å²) in [7, 11) is 0. The van der Waals surface area contributed by atoms with Crippen molar-refractivity contribution < 1.29 is 0 Å². The number of hydrogen-bond donors (Lipinski definition) is 1. The second-order valence-electron chi connectivity index (χ2n) is 6.42. The smallest absolute Gasteiger partial charge is 0.255 e. The number of nitrogens with zero attached hydrogens (tertiary/aromatic N) is 3. The molecular formula is C19H20N4OS. The van der Waals surface area contributed by atoms with Gasteiger partial charge in [-0.1, -0.05) is 30.3 Å². The van der Waals surface area contributed by atoms with Crippen molar-refractivity contribution in [2.75, 3.05) is 6.54 Å². The molecule has 3 heterocycles. The fraction of sp³-hybridized carbons (Fsp3) is 0.316. The Balaban J connectivity index is 1.52. The van der Waals surface area contributed by atoms with Gasteiger partial charge in [0, 0.05) is 37.9 Å². The van der Waals surface area contributed by atoms with Gasteiger partial charge in [0.1, 0.15) is 5.82 Å². The van der Waals surface area contributed by atoms with Crippen LogP contribution in [-0.2, 0) is 25.9 Å². The van der Waals surface area contributed by atoms with Crippen molar-refractivity contribution in [1.29, 1.82) is 0 Å². The molecule has 1 N–H and O–H groups in total. The average Bonchev–Trinajstić information content (AvgIpc) is 3.01. The van der Waals surface area contributed by atoms with Crippen molar-refractivity contribution in [2.24, 2.45) is 0 Å². The summed E-state index contributed by atoms with van der Waals surface area (Å²) in [5.41, 5.74) is 3.97. The normalized spacial score (nSPS) is 14.4. The molecule has 0 aliphatic carbocycles. The molecule has 25 heavy (non-hydrogen) atoms. The lowest BCUT2D eigenvalue weighted by atomic mass is 10.1. The first-order chi connectivity index (χ1) is 12.2. The van der Waals surface area contributed by atoms with E-state index in [1.54, 1.807) is 11.3 Å². The second kappa shape index (κ2) is 6.90. The minimum Gasteiger partial charge on any atom is -0.310 e. The predicted octanol–water partition coefficient (Wildman–Crippen LogP) is 2.68. The van der Waals surface area contributed by atoms with E-state index in [2.05, 4.69) is 27.0 Å². The number of fused-ring (bicyclic) bond motifs is 1. The van der Waals surface area contributed by atoms with Crippen molar-refractivity contribution in [1.82, 2.24) is 19.9 Å². The van der Waals surface area contributed by atoms with E-state index in [0.717, 1.165) is 41.5 Å². The summed E-state index contributed by atoms with van der Waals surface area (Å²) in [6.45, 7) is 4.42. The van der Waals surface area contributed by atoms with Gasteiger partial charge < -0.3 is 4.98 Å². The zero-order valence-electron chi connectivity index (χ0n) is 14.2. The lowest BCUT2D eigenvalue weighted by molar-refractivity contribution is 0.241. The van der Waals surface area contributed by atoms with E-state index in [0.29, 0.717) is 18.8 Å². The highest BCUT2D eigenvalue weighted by Crippen LogP contribution is 2.17. The maximum absolute atomic E-state index is 12.5. The second-order valence-corrected chi connectivity index (χ2v) is 7.48. The minimum atomic E-state index is -0.00952. The Bertz CT molecular complexity index is 932. The van der Waals surface area contributed by atoms with Crippen molar-refractivity contribution in [3.8, 4) is 0 Å². The van der Waals surface area contributed by atoms with Gasteiger partial charge in [0.15, 0.2) is 0 Å². The van der Waals surface area contributed by atoms with E-state index in [1.807, 2.05) is 30.5 Å². The first kappa shape index (κ1) is 16.2. The molecule has 0 saturated carbocycles. The van der Waals surface area contributed by atoms with Crippen LogP contribution in [0.3, 0.4) is 0 Å². The molecule has 0 bridgehead atoms. The van der Waals surface area contributed by atoms with Gasteiger partial charge in [0.25, 0.3) is 5.56 Å². The Hall–Kier alpha value is -2.31. The molecule has 1 aliphatic heterocycles. The third kappa shape index (κ3) is 3.70. The number of aryl methyl sites for hydroxylation is 1. The number of hydrogen-bond acceptors (Lipinski definition) is 5. The molecule has 128 valence electrons. The highest BCUT2D eigenvalue weighted by atomic mass is 32.1. The van der Waals surface area contributed by atoms with Gasteiger partial charge in [0.05, 0.1) is 22.0 Å². The molecule has 0 saturated heterocycles. The average molecular weight is 352 g/mol. The molecular weight excluding hydrogens is 332 g/mol. The number of aromatic nitrogens is 3. The molecule has 0 atom stereocenters. The molecule has 6 heteroatoms. The number of benzene rings is 1. The number of aromatic amines is 1. The van der Waals surface area contributed by atoms with Gasteiger partial charge in [-0.3, -0.25) is 9.69 Å². The molecule has 3 aromatic rings. The Kier molecular flexibility index (Phi) is 4.46. The first-order valence-corrected chi connectivity index (χ1v) is 9.33. The Morgan fingerprint density at radius 2 is 2.08 bits per heavy atom. The van der Waals surface area contributed by atoms with Crippen LogP contribution in [-0.4, -0.2) is 26.4 Å². The first-order valence-electron chi connectivity index (χ1n) is 8.45. The van der Waals surface area contributed by atoms with E-state index < -0.39 is 0 Å². The molecule has 5 nitrogen and oxygen atoms in total. The van der Waals surface area contributed by atoms with Gasteiger partial charge in [-0.15, -0.1) is 11.3 Å². The van der Waals surface area contributed by atoms with Crippen LogP contribution in [0.5, 0.6) is 0 Å². The summed E-state index contributed by atoms with van der Waals surface area (Å²) in [4.78, 5) is 26.9. The van der Waals surface area contributed by atoms with Crippen LogP contribution in [0, 0.1) is 6.92 Å². The quantitative estimate of drug-likeness (QED) is 0.784. The number of nitrogens with one attached hydrogen (secondary N) is 1. The van der Waals surface area contributed by atoms with Crippen molar-refractivity contribution in [2.45, 2.75) is 32.9 Å². The summed E-state index contributed by atoms with van der Waals surface area (Å²) >= 11 is 1.62. The van der Waals surface area contributed by atoms with Crippen LogP contribution >= 0.6 is 11.3 Å². The molecule has 1 aliphatic rings. The fourth-order valence-electron chi connectivity index (χ4n) is 3.25. The van der Waals surface area contributed by atoms with E-state index in [1.165, 1.54) is 5.56 Å². The van der Waals surface area contributed by atoms with Crippen LogP contribution in [0.1, 0.15) is 33.3 Å². The monoisotopic (exact) mass is 352 g/mol. The van der Waals surface area contributed by atoms with Gasteiger partial charge in [-0.2, -0.15) is 0 Å². The number of H-pyrrole nitrogens is 1. The van der Waals surface area contributed by atoms with Gasteiger partial charge in [-0.05, 0) is 12.5 Å². The maximum atomic E-state index is 12.5. The highest BCUT2D eigenvalue weighted by molar-refractivity contribution is 7.09. The largest absolute Gasteiger partial charge is 0.310 e. The van der Waals surface area contributed by atoms with Crippen LogP contribution in [0.2, 0.25) is 0 Å². The third-order valence-corrected chi connectivity index (χ3v) is 5.28. The molecule has 0 fully saturated rings. The minimum absolute atomic E-state index is 0.00952. The maximum Gasteiger partial charge on any atom is 0.255 e. The molecule has 0 radical (unpaired) electrons. The third-order valence-electron chi connectivity index (χ3n) is 4.46. The van der Waals surface area contributed by atoms with E-state index in [4.69, 9.17) is 4.98 Å². The Morgan fingerprint density at radius 1 is 1.24 bits per heavy atom. The molecule has 0 amide bonds. The van der Waals surface area contributed by atoms with Crippen LogP contribution in [0.15, 0.2) is 40.5 Å². The van der Waals surface area contributed by atoms with Crippen LogP contribution in [0.25, 0.3) is 0 Å². The van der Waals surface area contributed by atoms with Crippen molar-refractivity contribution in [3.05, 3.63) is 79.4 Å².